The van der Waals surface area contributed by atoms with Crippen LogP contribution in [-0.4, -0.2) is 37.9 Å². The number of hydrogen-bond donors (Lipinski definition) is 1. The van der Waals surface area contributed by atoms with Gasteiger partial charge in [-0.15, -0.1) is 11.3 Å². The first-order valence-corrected chi connectivity index (χ1v) is 8.53. The van der Waals surface area contributed by atoms with Crippen molar-refractivity contribution in [3.8, 4) is 0 Å². The van der Waals surface area contributed by atoms with Crippen LogP contribution in [0.1, 0.15) is 20.8 Å². The average molecular weight is 288 g/mol. The molecule has 0 radical (unpaired) electrons. The van der Waals surface area contributed by atoms with Gasteiger partial charge < -0.3 is 5.32 Å². The third-order valence-corrected chi connectivity index (χ3v) is 6.76. The maximum absolute atomic E-state index is 12.5. The highest BCUT2D eigenvalue weighted by molar-refractivity contribution is 7.91. The monoisotopic (exact) mass is 288 g/mol. The summed E-state index contributed by atoms with van der Waals surface area (Å²) in [6.45, 7) is 7.45. The van der Waals surface area contributed by atoms with E-state index in [9.17, 15) is 8.42 Å². The van der Waals surface area contributed by atoms with E-state index in [1.807, 2.05) is 6.92 Å². The largest absolute Gasteiger partial charge is 0.311 e. The molecule has 0 bridgehead atoms. The smallest absolute Gasteiger partial charge is 0.252 e. The summed E-state index contributed by atoms with van der Waals surface area (Å²) in [4.78, 5) is 0. The molecule has 18 heavy (non-hydrogen) atoms. The molecule has 1 N–H and O–H groups in total. The van der Waals surface area contributed by atoms with Gasteiger partial charge in [0.15, 0.2) is 0 Å². The van der Waals surface area contributed by atoms with Crippen LogP contribution >= 0.6 is 11.3 Å². The van der Waals surface area contributed by atoms with Crippen molar-refractivity contribution in [2.75, 3.05) is 13.1 Å². The molecular weight excluding hydrogens is 268 g/mol. The van der Waals surface area contributed by atoms with Crippen molar-refractivity contribution in [2.45, 2.75) is 37.1 Å². The maximum Gasteiger partial charge on any atom is 0.252 e. The Labute approximate surface area is 113 Å². The van der Waals surface area contributed by atoms with E-state index in [0.29, 0.717) is 23.2 Å². The quantitative estimate of drug-likeness (QED) is 0.922. The van der Waals surface area contributed by atoms with E-state index in [4.69, 9.17) is 0 Å². The Morgan fingerprint density at radius 3 is 2.78 bits per heavy atom. The van der Waals surface area contributed by atoms with Gasteiger partial charge in [0.05, 0.1) is 0 Å². The molecule has 2 rings (SSSR count). The summed E-state index contributed by atoms with van der Waals surface area (Å²) in [6, 6.07) is 3.70. The lowest BCUT2D eigenvalue weighted by molar-refractivity contribution is 0.206. The van der Waals surface area contributed by atoms with Crippen molar-refractivity contribution >= 4 is 21.4 Å². The molecule has 102 valence electrons. The molecule has 1 aliphatic heterocycles. The van der Waals surface area contributed by atoms with Crippen LogP contribution in [0, 0.1) is 5.92 Å². The fourth-order valence-electron chi connectivity index (χ4n) is 2.17. The van der Waals surface area contributed by atoms with Gasteiger partial charge in [-0.1, -0.05) is 19.9 Å². The van der Waals surface area contributed by atoms with Gasteiger partial charge in [0, 0.05) is 25.2 Å². The van der Waals surface area contributed by atoms with E-state index in [-0.39, 0.29) is 12.1 Å². The van der Waals surface area contributed by atoms with Gasteiger partial charge in [-0.3, -0.25) is 0 Å². The second-order valence-corrected chi connectivity index (χ2v) is 8.18. The van der Waals surface area contributed by atoms with Crippen LogP contribution in [0.15, 0.2) is 21.7 Å². The van der Waals surface area contributed by atoms with E-state index >= 15 is 0 Å². The lowest BCUT2D eigenvalue weighted by Gasteiger charge is -2.39. The topological polar surface area (TPSA) is 49.4 Å². The number of nitrogens with zero attached hydrogens (tertiary/aromatic N) is 1. The first-order valence-electron chi connectivity index (χ1n) is 6.21. The Hall–Kier alpha value is -0.430. The summed E-state index contributed by atoms with van der Waals surface area (Å²) in [5.74, 6) is 0.429. The predicted octanol–water partition coefficient (Wildman–Crippen LogP) is 1.76. The Morgan fingerprint density at radius 1 is 1.50 bits per heavy atom. The second-order valence-electron chi connectivity index (χ2n) is 5.11. The molecule has 1 aliphatic rings. The van der Waals surface area contributed by atoms with Crippen molar-refractivity contribution in [1.29, 1.82) is 0 Å². The molecule has 0 aromatic carbocycles. The Kier molecular flexibility index (Phi) is 4.11. The van der Waals surface area contributed by atoms with Crippen molar-refractivity contribution in [1.82, 2.24) is 9.62 Å². The highest BCUT2D eigenvalue weighted by Crippen LogP contribution is 2.25. The van der Waals surface area contributed by atoms with E-state index in [1.165, 1.54) is 11.3 Å². The van der Waals surface area contributed by atoms with Gasteiger partial charge in [0.25, 0.3) is 10.0 Å². The zero-order chi connectivity index (χ0) is 13.3. The fraction of sp³-hybridized carbons (Fsp3) is 0.667. The lowest BCUT2D eigenvalue weighted by atomic mass is 10.0. The van der Waals surface area contributed by atoms with Crippen molar-refractivity contribution in [3.63, 3.8) is 0 Å². The summed E-state index contributed by atoms with van der Waals surface area (Å²) >= 11 is 1.29. The Morgan fingerprint density at radius 2 is 2.22 bits per heavy atom. The standard InChI is InChI=1S/C12H20N2O2S2/c1-9(2)11-8-14(10(3)7-13-11)18(15,16)12-5-4-6-17-12/h4-6,9-11,13H,7-8H2,1-3H3. The lowest BCUT2D eigenvalue weighted by Crippen LogP contribution is -2.58. The summed E-state index contributed by atoms with van der Waals surface area (Å²) in [7, 11) is -3.32. The van der Waals surface area contributed by atoms with E-state index < -0.39 is 10.0 Å². The molecule has 2 unspecified atom stereocenters. The zero-order valence-electron chi connectivity index (χ0n) is 11.0. The highest BCUT2D eigenvalue weighted by Gasteiger charge is 2.35. The first-order chi connectivity index (χ1) is 8.43. The molecule has 0 saturated carbocycles. The van der Waals surface area contributed by atoms with Crippen LogP contribution in [0.2, 0.25) is 0 Å². The van der Waals surface area contributed by atoms with Gasteiger partial charge in [-0.2, -0.15) is 4.31 Å². The third kappa shape index (κ3) is 2.61. The van der Waals surface area contributed by atoms with Crippen LogP contribution in [0.5, 0.6) is 0 Å². The molecule has 1 saturated heterocycles. The van der Waals surface area contributed by atoms with Gasteiger partial charge in [-0.25, -0.2) is 8.42 Å². The number of nitrogens with one attached hydrogen (secondary N) is 1. The number of rotatable bonds is 3. The van der Waals surface area contributed by atoms with Crippen LogP contribution in [0.4, 0.5) is 0 Å². The SMILES string of the molecule is CC(C)C1CN(S(=O)(=O)c2cccs2)C(C)CN1. The van der Waals surface area contributed by atoms with Crippen LogP contribution < -0.4 is 5.32 Å². The number of hydrogen-bond acceptors (Lipinski definition) is 4. The average Bonchev–Trinajstić information content (AvgIpc) is 2.82. The molecular formula is C12H20N2O2S2. The molecule has 1 aromatic rings. The molecule has 0 aliphatic carbocycles. The normalized spacial score (nSPS) is 26.7. The van der Waals surface area contributed by atoms with Crippen LogP contribution in [0.3, 0.4) is 0 Å². The molecule has 6 heteroatoms. The third-order valence-electron chi connectivity index (χ3n) is 3.41. The minimum atomic E-state index is -3.32. The van der Waals surface area contributed by atoms with Crippen molar-refractivity contribution in [3.05, 3.63) is 17.5 Å². The molecule has 1 aromatic heterocycles. The van der Waals surface area contributed by atoms with Gasteiger partial charge in [-0.05, 0) is 24.3 Å². The van der Waals surface area contributed by atoms with E-state index in [1.54, 1.807) is 21.8 Å². The zero-order valence-corrected chi connectivity index (χ0v) is 12.6. The first kappa shape index (κ1) is 14.0. The van der Waals surface area contributed by atoms with Gasteiger partial charge in [0.2, 0.25) is 0 Å². The van der Waals surface area contributed by atoms with Gasteiger partial charge >= 0.3 is 0 Å². The molecule has 0 spiro atoms. The van der Waals surface area contributed by atoms with Crippen LogP contribution in [-0.2, 0) is 10.0 Å². The minimum absolute atomic E-state index is 0.00657. The number of thiophene rings is 1. The molecule has 2 heterocycles. The van der Waals surface area contributed by atoms with Crippen molar-refractivity contribution < 1.29 is 8.42 Å². The van der Waals surface area contributed by atoms with E-state index in [2.05, 4.69) is 19.2 Å². The fourth-order valence-corrected chi connectivity index (χ4v) is 4.95. The second kappa shape index (κ2) is 5.28. The van der Waals surface area contributed by atoms with Crippen molar-refractivity contribution in [2.24, 2.45) is 5.92 Å². The Balaban J connectivity index is 2.25. The molecule has 2 atom stereocenters. The van der Waals surface area contributed by atoms with Crippen LogP contribution in [0.25, 0.3) is 0 Å². The highest BCUT2D eigenvalue weighted by atomic mass is 32.2. The molecule has 0 amide bonds. The summed E-state index contributed by atoms with van der Waals surface area (Å²) in [5, 5.41) is 5.22. The molecule has 4 nitrogen and oxygen atoms in total. The number of piperazine rings is 1. The molecule has 1 fully saturated rings. The predicted molar refractivity (Wildman–Crippen MR) is 74.3 cm³/mol. The summed E-state index contributed by atoms with van der Waals surface area (Å²) < 4.78 is 27.2. The maximum atomic E-state index is 12.5. The Bertz CT molecular complexity index is 482. The van der Waals surface area contributed by atoms with E-state index in [0.717, 1.165) is 0 Å². The number of sulfonamides is 1. The van der Waals surface area contributed by atoms with Gasteiger partial charge in [0.1, 0.15) is 4.21 Å². The summed E-state index contributed by atoms with van der Waals surface area (Å²) in [5.41, 5.74) is 0. The minimum Gasteiger partial charge on any atom is -0.311 e. The summed E-state index contributed by atoms with van der Waals surface area (Å²) in [6.07, 6.45) is 0.